The van der Waals surface area contributed by atoms with Crippen LogP contribution in [-0.2, 0) is 11.2 Å². The summed E-state index contributed by atoms with van der Waals surface area (Å²) in [5, 5.41) is 10.2. The van der Waals surface area contributed by atoms with Gasteiger partial charge in [-0.2, -0.15) is 0 Å². The Balaban J connectivity index is 0.00000169. The van der Waals surface area contributed by atoms with Crippen LogP contribution in [0.15, 0.2) is 18.3 Å². The molecule has 14 heavy (non-hydrogen) atoms. The average Bonchev–Trinajstić information content (AvgIpc) is 2.04. The molecule has 0 saturated carbocycles. The van der Waals surface area contributed by atoms with Gasteiger partial charge in [-0.1, -0.05) is 0 Å². The normalized spacial score (nSPS) is 9.00. The molecule has 0 spiro atoms. The smallest absolute Gasteiger partial charge is 0.550 e. The number of hydrogen-bond acceptors (Lipinski definition) is 4. The summed E-state index contributed by atoms with van der Waals surface area (Å²) in [6.07, 6.45) is 1.51. The van der Waals surface area contributed by atoms with Crippen LogP contribution < -0.4 is 28.9 Å². The van der Waals surface area contributed by atoms with Crippen molar-refractivity contribution in [3.8, 4) is 0 Å². The van der Waals surface area contributed by atoms with Gasteiger partial charge in [-0.3, -0.25) is 4.98 Å². The van der Waals surface area contributed by atoms with Crippen LogP contribution in [0.1, 0.15) is 5.69 Å². The SMILES string of the molecule is CN(C)c1ccc(CC(=O)[O-])nc1.[Li+]. The van der Waals surface area contributed by atoms with E-state index in [2.05, 4.69) is 4.98 Å². The zero-order chi connectivity index (χ0) is 9.84. The molecule has 0 amide bonds. The monoisotopic (exact) mass is 186 g/mol. The number of hydrogen-bond donors (Lipinski definition) is 0. The molecule has 0 bridgehead atoms. The Labute approximate surface area is 95.1 Å². The number of anilines is 1. The second-order valence-corrected chi connectivity index (χ2v) is 2.95. The molecule has 0 atom stereocenters. The van der Waals surface area contributed by atoms with E-state index in [4.69, 9.17) is 0 Å². The second kappa shape index (κ2) is 5.69. The Hall–Kier alpha value is -0.983. The molecule has 0 aliphatic rings. The number of pyridine rings is 1. The topological polar surface area (TPSA) is 56.3 Å². The molecule has 0 saturated heterocycles. The molecule has 0 N–H and O–H groups in total. The van der Waals surface area contributed by atoms with Gasteiger partial charge in [-0.25, -0.2) is 0 Å². The largest absolute Gasteiger partial charge is 1.00 e. The number of aromatic nitrogens is 1. The van der Waals surface area contributed by atoms with E-state index in [0.29, 0.717) is 5.69 Å². The Morgan fingerprint density at radius 1 is 1.50 bits per heavy atom. The fourth-order valence-corrected chi connectivity index (χ4v) is 0.934. The van der Waals surface area contributed by atoms with Crippen LogP contribution in [0.3, 0.4) is 0 Å². The van der Waals surface area contributed by atoms with E-state index in [1.165, 1.54) is 0 Å². The first kappa shape index (κ1) is 13.0. The fraction of sp³-hybridized carbons (Fsp3) is 0.333. The van der Waals surface area contributed by atoms with E-state index in [9.17, 15) is 9.90 Å². The van der Waals surface area contributed by atoms with Crippen molar-refractivity contribution in [3.63, 3.8) is 0 Å². The molecule has 1 aromatic heterocycles. The number of aliphatic carboxylic acids is 1. The van der Waals surface area contributed by atoms with Gasteiger partial charge in [0.05, 0.1) is 11.9 Å². The van der Waals surface area contributed by atoms with Crippen LogP contribution in [0.4, 0.5) is 5.69 Å². The maximum absolute atomic E-state index is 10.2. The van der Waals surface area contributed by atoms with Crippen LogP contribution in [0.25, 0.3) is 0 Å². The molecule has 70 valence electrons. The number of carbonyl (C=O) groups is 1. The molecule has 1 aromatic rings. The first-order valence-electron chi connectivity index (χ1n) is 3.91. The number of rotatable bonds is 3. The van der Waals surface area contributed by atoms with E-state index in [0.717, 1.165) is 5.69 Å². The Morgan fingerprint density at radius 3 is 2.50 bits per heavy atom. The predicted molar refractivity (Wildman–Crippen MR) is 47.3 cm³/mol. The fourth-order valence-electron chi connectivity index (χ4n) is 0.934. The molecule has 0 aliphatic carbocycles. The maximum atomic E-state index is 10.2. The number of carboxylic acid groups (broad SMARTS) is 1. The van der Waals surface area contributed by atoms with Gasteiger partial charge < -0.3 is 14.8 Å². The van der Waals surface area contributed by atoms with Crippen LogP contribution in [0.2, 0.25) is 0 Å². The van der Waals surface area contributed by atoms with Crippen molar-refractivity contribution < 1.29 is 28.8 Å². The predicted octanol–water partition coefficient (Wildman–Crippen LogP) is -3.56. The summed E-state index contributed by atoms with van der Waals surface area (Å²) in [6.45, 7) is 0. The third kappa shape index (κ3) is 3.82. The summed E-state index contributed by atoms with van der Waals surface area (Å²) in [7, 11) is 3.80. The van der Waals surface area contributed by atoms with Crippen molar-refractivity contribution in [2.24, 2.45) is 0 Å². The molecule has 1 heterocycles. The molecular formula is C9H11LiN2O2. The van der Waals surface area contributed by atoms with E-state index >= 15 is 0 Å². The molecule has 0 aromatic carbocycles. The third-order valence-corrected chi connectivity index (χ3v) is 1.65. The zero-order valence-electron chi connectivity index (χ0n) is 8.65. The minimum Gasteiger partial charge on any atom is -0.550 e. The van der Waals surface area contributed by atoms with Crippen molar-refractivity contribution in [2.75, 3.05) is 19.0 Å². The van der Waals surface area contributed by atoms with E-state index in [-0.39, 0.29) is 25.3 Å². The first-order valence-corrected chi connectivity index (χ1v) is 3.91. The van der Waals surface area contributed by atoms with Gasteiger partial charge in [0.2, 0.25) is 0 Å². The van der Waals surface area contributed by atoms with Gasteiger partial charge in [-0.15, -0.1) is 0 Å². The third-order valence-electron chi connectivity index (χ3n) is 1.65. The van der Waals surface area contributed by atoms with Crippen molar-refractivity contribution >= 4 is 11.7 Å². The molecule has 5 heteroatoms. The Bertz CT molecular complexity index is 298. The Morgan fingerprint density at radius 2 is 2.14 bits per heavy atom. The van der Waals surface area contributed by atoms with Crippen molar-refractivity contribution in [1.82, 2.24) is 4.98 Å². The van der Waals surface area contributed by atoms with Gasteiger partial charge in [-0.05, 0) is 12.1 Å². The molecular weight excluding hydrogens is 175 g/mol. The van der Waals surface area contributed by atoms with E-state index < -0.39 is 5.97 Å². The molecule has 0 fully saturated rings. The summed E-state index contributed by atoms with van der Waals surface area (Å²) in [6, 6.07) is 3.51. The van der Waals surface area contributed by atoms with Crippen molar-refractivity contribution in [1.29, 1.82) is 0 Å². The summed E-state index contributed by atoms with van der Waals surface area (Å²) in [4.78, 5) is 16.1. The summed E-state index contributed by atoms with van der Waals surface area (Å²) < 4.78 is 0. The van der Waals surface area contributed by atoms with Crippen molar-refractivity contribution in [2.45, 2.75) is 6.42 Å². The number of carbonyl (C=O) groups excluding carboxylic acids is 1. The van der Waals surface area contributed by atoms with Gasteiger partial charge in [0.25, 0.3) is 0 Å². The van der Waals surface area contributed by atoms with Crippen LogP contribution in [0.5, 0.6) is 0 Å². The first-order chi connectivity index (χ1) is 6.09. The average molecular weight is 186 g/mol. The quantitative estimate of drug-likeness (QED) is 0.458. The number of carboxylic acids is 1. The van der Waals surface area contributed by atoms with E-state index in [1.54, 1.807) is 12.3 Å². The van der Waals surface area contributed by atoms with Gasteiger partial charge in [0.15, 0.2) is 0 Å². The molecule has 0 unspecified atom stereocenters. The van der Waals surface area contributed by atoms with Crippen LogP contribution in [-0.4, -0.2) is 25.0 Å². The van der Waals surface area contributed by atoms with Gasteiger partial charge in [0.1, 0.15) is 0 Å². The Kier molecular flexibility index (Phi) is 5.29. The summed E-state index contributed by atoms with van der Waals surface area (Å²) in [5.41, 5.74) is 1.47. The van der Waals surface area contributed by atoms with Gasteiger partial charge in [0, 0.05) is 32.2 Å². The summed E-state index contributed by atoms with van der Waals surface area (Å²) in [5.74, 6) is -1.11. The minimum atomic E-state index is -1.11. The molecule has 0 aliphatic heterocycles. The zero-order valence-corrected chi connectivity index (χ0v) is 8.65. The van der Waals surface area contributed by atoms with Crippen LogP contribution in [0, 0.1) is 0 Å². The summed E-state index contributed by atoms with van der Waals surface area (Å²) >= 11 is 0. The molecule has 1 rings (SSSR count). The van der Waals surface area contributed by atoms with Crippen LogP contribution >= 0.6 is 0 Å². The molecule has 0 radical (unpaired) electrons. The second-order valence-electron chi connectivity index (χ2n) is 2.95. The maximum Gasteiger partial charge on any atom is 1.00 e. The van der Waals surface area contributed by atoms with Crippen molar-refractivity contribution in [3.05, 3.63) is 24.0 Å². The standard InChI is InChI=1S/C9H12N2O2.Li/c1-11(2)8-4-3-7(10-6-8)5-9(12)13;/h3-4,6H,5H2,1-2H3,(H,12,13);/q;+1/p-1. The molecule has 4 nitrogen and oxygen atoms in total. The van der Waals surface area contributed by atoms with E-state index in [1.807, 2.05) is 25.1 Å². The number of nitrogens with zero attached hydrogens (tertiary/aromatic N) is 2. The minimum absolute atomic E-state index is 0. The van der Waals surface area contributed by atoms with Gasteiger partial charge >= 0.3 is 18.9 Å².